The Balaban J connectivity index is 1.74. The molecule has 45 heavy (non-hydrogen) atoms. The van der Waals surface area contributed by atoms with Crippen LogP contribution in [0.15, 0.2) is 69.6 Å². The Labute approximate surface area is 284 Å². The number of nitro groups is 1. The van der Waals surface area contributed by atoms with E-state index in [1.165, 1.54) is 30.3 Å². The Kier molecular flexibility index (Phi) is 11.0. The van der Waals surface area contributed by atoms with Gasteiger partial charge in [-0.2, -0.15) is 5.90 Å². The molecule has 0 spiro atoms. The third-order valence-electron chi connectivity index (χ3n) is 5.78. The third-order valence-corrected chi connectivity index (χ3v) is 8.07. The van der Waals surface area contributed by atoms with Crippen LogP contribution in [0, 0.1) is 15.9 Å². The zero-order chi connectivity index (χ0) is 33.0. The first kappa shape index (κ1) is 34.1. The molecule has 0 aliphatic carbocycles. The molecule has 0 heterocycles. The van der Waals surface area contributed by atoms with E-state index in [1.807, 2.05) is 0 Å². The SMILES string of the molecule is NOOc1cc(Br)c(NC(=O)c2cc(C(=O)Nc3cc(Cl)c(Cl)cc3Cl)cc(C(=O)Nc3ccc(F)cc3[N+](=O)[O-])c2)c(Br)c1. The Bertz CT molecular complexity index is 1860. The van der Waals surface area contributed by atoms with Crippen molar-refractivity contribution in [3.8, 4) is 5.75 Å². The summed E-state index contributed by atoms with van der Waals surface area (Å²) in [7, 11) is 0. The number of anilines is 3. The fourth-order valence-electron chi connectivity index (χ4n) is 3.75. The second-order valence-electron chi connectivity index (χ2n) is 8.77. The predicted molar refractivity (Wildman–Crippen MR) is 173 cm³/mol. The molecule has 5 N–H and O–H groups in total. The molecule has 4 aromatic carbocycles. The summed E-state index contributed by atoms with van der Waals surface area (Å²) in [4.78, 5) is 59.5. The van der Waals surface area contributed by atoms with Gasteiger partial charge in [-0.15, -0.1) is 0 Å². The van der Waals surface area contributed by atoms with E-state index in [-0.39, 0.29) is 54.6 Å². The van der Waals surface area contributed by atoms with Crippen LogP contribution in [-0.4, -0.2) is 22.6 Å². The molecule has 0 bridgehead atoms. The lowest BCUT2D eigenvalue weighted by atomic mass is 10.0. The zero-order valence-corrected chi connectivity index (χ0v) is 27.4. The maximum Gasteiger partial charge on any atom is 0.295 e. The molecule has 0 saturated carbocycles. The van der Waals surface area contributed by atoms with Crippen LogP contribution in [0.5, 0.6) is 5.75 Å². The summed E-state index contributed by atoms with van der Waals surface area (Å²) in [6.45, 7) is 0. The molecule has 18 heteroatoms. The quantitative estimate of drug-likeness (QED) is 0.0567. The van der Waals surface area contributed by atoms with E-state index in [9.17, 15) is 28.9 Å². The number of amides is 3. The molecule has 12 nitrogen and oxygen atoms in total. The van der Waals surface area contributed by atoms with Crippen LogP contribution in [0.4, 0.5) is 27.1 Å². The topological polar surface area (TPSA) is 175 Å². The summed E-state index contributed by atoms with van der Waals surface area (Å²) in [5, 5.41) is 19.2. The molecule has 4 rings (SSSR count). The highest BCUT2D eigenvalue weighted by molar-refractivity contribution is 9.11. The van der Waals surface area contributed by atoms with Gasteiger partial charge in [0.1, 0.15) is 11.5 Å². The Morgan fingerprint density at radius 2 is 1.27 bits per heavy atom. The Morgan fingerprint density at radius 3 is 1.80 bits per heavy atom. The number of nitrogens with zero attached hydrogens (tertiary/aromatic N) is 1. The maximum atomic E-state index is 13.6. The summed E-state index contributed by atoms with van der Waals surface area (Å²) in [5.74, 6) is 1.68. The summed E-state index contributed by atoms with van der Waals surface area (Å²) < 4.78 is 14.3. The van der Waals surface area contributed by atoms with Crippen molar-refractivity contribution < 1.29 is 33.6 Å². The maximum absolute atomic E-state index is 13.6. The Hall–Kier alpha value is -3.83. The van der Waals surface area contributed by atoms with Gasteiger partial charge in [0.05, 0.1) is 37.4 Å². The lowest BCUT2D eigenvalue weighted by Gasteiger charge is -2.14. The van der Waals surface area contributed by atoms with Gasteiger partial charge < -0.3 is 20.8 Å². The minimum Gasteiger partial charge on any atom is -0.321 e. The highest BCUT2D eigenvalue weighted by Crippen LogP contribution is 2.36. The molecule has 0 saturated heterocycles. The molecule has 0 unspecified atom stereocenters. The number of rotatable bonds is 9. The van der Waals surface area contributed by atoms with E-state index >= 15 is 0 Å². The van der Waals surface area contributed by atoms with Crippen molar-refractivity contribution in [2.24, 2.45) is 5.90 Å². The number of carbonyl (C=O) groups excluding carboxylic acids is 3. The van der Waals surface area contributed by atoms with Crippen LogP contribution in [0.1, 0.15) is 31.1 Å². The first-order valence-corrected chi connectivity index (χ1v) is 14.7. The summed E-state index contributed by atoms with van der Waals surface area (Å²) in [5.41, 5.74) is -1.35. The van der Waals surface area contributed by atoms with Gasteiger partial charge in [0.2, 0.25) is 0 Å². The van der Waals surface area contributed by atoms with Crippen LogP contribution in [-0.2, 0) is 4.99 Å². The first-order valence-electron chi connectivity index (χ1n) is 12.0. The largest absolute Gasteiger partial charge is 0.321 e. The van der Waals surface area contributed by atoms with Crippen molar-refractivity contribution in [1.29, 1.82) is 0 Å². The van der Waals surface area contributed by atoms with Gasteiger partial charge in [-0.25, -0.2) is 4.39 Å². The molecule has 0 atom stereocenters. The van der Waals surface area contributed by atoms with Crippen molar-refractivity contribution in [2.75, 3.05) is 16.0 Å². The van der Waals surface area contributed by atoms with E-state index < -0.39 is 34.1 Å². The van der Waals surface area contributed by atoms with E-state index in [0.717, 1.165) is 24.3 Å². The molecule has 232 valence electrons. The lowest BCUT2D eigenvalue weighted by Crippen LogP contribution is -2.20. The highest BCUT2D eigenvalue weighted by Gasteiger charge is 2.22. The van der Waals surface area contributed by atoms with E-state index in [4.69, 9.17) is 45.6 Å². The highest BCUT2D eigenvalue weighted by atomic mass is 79.9. The van der Waals surface area contributed by atoms with Crippen LogP contribution < -0.4 is 26.7 Å². The number of carbonyl (C=O) groups is 3. The smallest absolute Gasteiger partial charge is 0.295 e. The van der Waals surface area contributed by atoms with Gasteiger partial charge in [0, 0.05) is 37.8 Å². The normalized spacial score (nSPS) is 10.6. The van der Waals surface area contributed by atoms with Crippen LogP contribution in [0.3, 0.4) is 0 Å². The first-order chi connectivity index (χ1) is 21.3. The predicted octanol–water partition coefficient (Wildman–Crippen LogP) is 8.16. The van der Waals surface area contributed by atoms with Gasteiger partial charge in [0.15, 0.2) is 5.75 Å². The van der Waals surface area contributed by atoms with Gasteiger partial charge in [-0.05, 0) is 74.3 Å². The van der Waals surface area contributed by atoms with Crippen LogP contribution in [0.2, 0.25) is 15.1 Å². The van der Waals surface area contributed by atoms with E-state index in [1.54, 1.807) is 0 Å². The van der Waals surface area contributed by atoms with Gasteiger partial charge >= 0.3 is 0 Å². The zero-order valence-electron chi connectivity index (χ0n) is 21.9. The molecule has 0 aromatic heterocycles. The summed E-state index contributed by atoms with van der Waals surface area (Å²) in [6.07, 6.45) is 0. The minimum atomic E-state index is -0.952. The lowest BCUT2D eigenvalue weighted by molar-refractivity contribution is -0.384. The number of hydrogen-bond donors (Lipinski definition) is 4. The number of benzene rings is 4. The van der Waals surface area contributed by atoms with Crippen molar-refractivity contribution >= 4 is 107 Å². The fourth-order valence-corrected chi connectivity index (χ4v) is 5.69. The average Bonchev–Trinajstić information content (AvgIpc) is 2.98. The molecular weight excluding hydrogens is 791 g/mol. The molecule has 3 amide bonds. The molecule has 0 fully saturated rings. The number of nitro benzene ring substituents is 1. The summed E-state index contributed by atoms with van der Waals surface area (Å²) >= 11 is 24.8. The number of nitrogens with one attached hydrogen (secondary N) is 3. The van der Waals surface area contributed by atoms with Crippen molar-refractivity contribution in [3.05, 3.63) is 117 Å². The van der Waals surface area contributed by atoms with E-state index in [2.05, 4.69) is 52.8 Å². The van der Waals surface area contributed by atoms with E-state index in [0.29, 0.717) is 15.0 Å². The summed E-state index contributed by atoms with van der Waals surface area (Å²) in [6, 6.07) is 11.5. The van der Waals surface area contributed by atoms with Crippen LogP contribution in [0.25, 0.3) is 0 Å². The van der Waals surface area contributed by atoms with Crippen LogP contribution >= 0.6 is 66.7 Å². The van der Waals surface area contributed by atoms with Gasteiger partial charge in [0.25, 0.3) is 23.4 Å². The number of nitrogens with two attached hydrogens (primary N) is 1. The molecule has 0 aliphatic rings. The number of halogens is 6. The molecule has 0 radical (unpaired) electrons. The average molecular weight is 807 g/mol. The van der Waals surface area contributed by atoms with Crippen molar-refractivity contribution in [1.82, 2.24) is 0 Å². The monoisotopic (exact) mass is 803 g/mol. The second kappa shape index (κ2) is 14.5. The second-order valence-corrected chi connectivity index (χ2v) is 11.7. The molecular formula is C27H15Br2Cl3FN5O7. The minimum absolute atomic E-state index is 0.0513. The van der Waals surface area contributed by atoms with Gasteiger partial charge in [-0.3, -0.25) is 24.5 Å². The number of hydrogen-bond acceptors (Lipinski definition) is 8. The van der Waals surface area contributed by atoms with Crippen molar-refractivity contribution in [3.63, 3.8) is 0 Å². The Morgan fingerprint density at radius 1 is 0.756 bits per heavy atom. The van der Waals surface area contributed by atoms with Crippen molar-refractivity contribution in [2.45, 2.75) is 0 Å². The fraction of sp³-hybridized carbons (Fsp3) is 0. The standard InChI is InChI=1S/C27H15Br2Cl3FN5O7/c28-16-7-15(44-45-34)8-17(29)24(16)37-27(41)13-4-11(25(39)35-21-2-1-14(33)6-23(21)38(42)43)3-12(5-13)26(40)36-22-10-19(31)18(30)9-20(22)32/h1-10H,34H2,(H,35,39)(H,36,40)(H,37,41). The molecule has 0 aliphatic heterocycles. The third kappa shape index (κ3) is 8.26. The molecule has 4 aromatic rings. The van der Waals surface area contributed by atoms with Gasteiger partial charge in [-0.1, -0.05) is 39.8 Å².